The molecule has 0 unspecified atom stereocenters. The van der Waals surface area contributed by atoms with Gasteiger partial charge >= 0.3 is 0 Å². The van der Waals surface area contributed by atoms with Gasteiger partial charge in [-0.15, -0.1) is 0 Å². The van der Waals surface area contributed by atoms with Crippen molar-refractivity contribution in [2.45, 2.75) is 6.92 Å². The lowest BCUT2D eigenvalue weighted by molar-refractivity contribution is -0.393. The number of non-ortho nitro benzene ring substituents is 1. The van der Waals surface area contributed by atoms with Gasteiger partial charge in [0.25, 0.3) is 11.4 Å². The summed E-state index contributed by atoms with van der Waals surface area (Å²) in [6, 6.07) is 12.4. The van der Waals surface area contributed by atoms with Crippen molar-refractivity contribution in [2.75, 3.05) is 12.1 Å². The van der Waals surface area contributed by atoms with E-state index < -0.39 is 15.5 Å². The number of halogens is 1. The Balaban J connectivity index is 1.62. The summed E-state index contributed by atoms with van der Waals surface area (Å²) < 4.78 is 11.5. The molecule has 3 aromatic rings. The Labute approximate surface area is 189 Å². The van der Waals surface area contributed by atoms with Crippen LogP contribution in [0.5, 0.6) is 11.5 Å². The highest BCUT2D eigenvalue weighted by Crippen LogP contribution is 2.37. The van der Waals surface area contributed by atoms with E-state index in [2.05, 4.69) is 26.2 Å². The summed E-state index contributed by atoms with van der Waals surface area (Å²) in [5.41, 5.74) is 2.26. The molecule has 0 atom stereocenters. The molecule has 32 heavy (non-hydrogen) atoms. The van der Waals surface area contributed by atoms with E-state index in [4.69, 9.17) is 9.47 Å². The van der Waals surface area contributed by atoms with Crippen molar-refractivity contribution in [2.24, 2.45) is 4.99 Å². The molecule has 0 radical (unpaired) electrons. The zero-order valence-electron chi connectivity index (χ0n) is 16.6. The summed E-state index contributed by atoms with van der Waals surface area (Å²) in [7, 11) is 0. The molecule has 1 aliphatic heterocycles. The van der Waals surface area contributed by atoms with Gasteiger partial charge in [0.1, 0.15) is 5.69 Å². The van der Waals surface area contributed by atoms with Crippen molar-refractivity contribution in [1.29, 1.82) is 0 Å². The molecule has 0 saturated carbocycles. The topological polar surface area (TPSA) is 129 Å². The number of nitrogens with zero attached hydrogens (tertiary/aromatic N) is 3. The smallest absolute Gasteiger partial charge is 0.299 e. The monoisotopic (exact) mass is 498 g/mol. The minimum absolute atomic E-state index is 0.137. The maximum Gasteiger partial charge on any atom is 0.299 e. The zero-order chi connectivity index (χ0) is 22.8. The molecule has 0 saturated heterocycles. The number of benzene rings is 3. The number of hydrogen-bond acceptors (Lipinski definition) is 8. The van der Waals surface area contributed by atoms with E-state index in [-0.39, 0.29) is 18.2 Å². The van der Waals surface area contributed by atoms with Gasteiger partial charge in [-0.25, -0.2) is 0 Å². The van der Waals surface area contributed by atoms with Crippen LogP contribution in [0.1, 0.15) is 11.1 Å². The molecule has 0 aromatic heterocycles. The fourth-order valence-corrected chi connectivity index (χ4v) is 3.47. The van der Waals surface area contributed by atoms with Crippen LogP contribution in [-0.2, 0) is 0 Å². The van der Waals surface area contributed by atoms with Gasteiger partial charge in [-0.3, -0.25) is 25.2 Å². The number of aryl methyl sites for hydroxylation is 1. The molecule has 0 aliphatic carbocycles. The highest BCUT2D eigenvalue weighted by Gasteiger charge is 2.20. The number of nitrogens with one attached hydrogen (secondary N) is 1. The number of hydrogen-bond donors (Lipinski definition) is 1. The highest BCUT2D eigenvalue weighted by atomic mass is 79.9. The molecule has 1 heterocycles. The van der Waals surface area contributed by atoms with Gasteiger partial charge in [0, 0.05) is 28.0 Å². The van der Waals surface area contributed by atoms with Crippen molar-refractivity contribution in [3.63, 3.8) is 0 Å². The Bertz CT molecular complexity index is 1280. The maximum absolute atomic E-state index is 11.4. The lowest BCUT2D eigenvalue weighted by Crippen LogP contribution is -1.99. The zero-order valence-corrected chi connectivity index (χ0v) is 18.2. The Morgan fingerprint density at radius 1 is 1.03 bits per heavy atom. The molecule has 10 nitrogen and oxygen atoms in total. The number of rotatable bonds is 6. The van der Waals surface area contributed by atoms with E-state index in [1.54, 1.807) is 18.3 Å². The average Bonchev–Trinajstić information content (AvgIpc) is 3.21. The largest absolute Gasteiger partial charge is 0.454 e. The number of nitro groups is 2. The lowest BCUT2D eigenvalue weighted by Gasteiger charge is -2.09. The SMILES string of the molecule is Cc1ccc(Nc2ccc([N+](=O)[O-])cc2[N+](=O)[O-])cc1N=Cc1cc2c(cc1Br)OCO2. The molecule has 3 aromatic carbocycles. The van der Waals surface area contributed by atoms with Gasteiger partial charge < -0.3 is 14.8 Å². The third-order valence-corrected chi connectivity index (χ3v) is 5.40. The molecule has 4 rings (SSSR count). The molecule has 11 heteroatoms. The first-order valence-corrected chi connectivity index (χ1v) is 10.0. The molecular formula is C21H15BrN4O6. The molecule has 0 bridgehead atoms. The van der Waals surface area contributed by atoms with E-state index in [9.17, 15) is 20.2 Å². The first kappa shape index (κ1) is 21.2. The molecular weight excluding hydrogens is 484 g/mol. The second kappa shape index (κ2) is 8.63. The minimum Gasteiger partial charge on any atom is -0.454 e. The van der Waals surface area contributed by atoms with Crippen LogP contribution in [-0.4, -0.2) is 22.9 Å². The van der Waals surface area contributed by atoms with Crippen LogP contribution in [0.3, 0.4) is 0 Å². The average molecular weight is 499 g/mol. The van der Waals surface area contributed by atoms with Gasteiger partial charge in [-0.2, -0.15) is 0 Å². The Kier molecular flexibility index (Phi) is 5.73. The third kappa shape index (κ3) is 4.37. The summed E-state index contributed by atoms with van der Waals surface area (Å²) >= 11 is 3.49. The first-order chi connectivity index (χ1) is 15.3. The predicted molar refractivity (Wildman–Crippen MR) is 122 cm³/mol. The Morgan fingerprint density at radius 3 is 2.50 bits per heavy atom. The van der Waals surface area contributed by atoms with E-state index >= 15 is 0 Å². The van der Waals surface area contributed by atoms with Gasteiger partial charge in [0.2, 0.25) is 6.79 Å². The van der Waals surface area contributed by atoms with E-state index in [0.29, 0.717) is 22.9 Å². The van der Waals surface area contributed by atoms with Crippen LogP contribution in [0.2, 0.25) is 0 Å². The van der Waals surface area contributed by atoms with Gasteiger partial charge in [0.15, 0.2) is 11.5 Å². The van der Waals surface area contributed by atoms with Crippen LogP contribution < -0.4 is 14.8 Å². The predicted octanol–water partition coefficient (Wildman–Crippen LogP) is 5.80. The van der Waals surface area contributed by atoms with Crippen molar-refractivity contribution in [1.82, 2.24) is 0 Å². The minimum atomic E-state index is -0.677. The summed E-state index contributed by atoms with van der Waals surface area (Å²) in [5.74, 6) is 1.29. The van der Waals surface area contributed by atoms with E-state index in [0.717, 1.165) is 21.7 Å². The van der Waals surface area contributed by atoms with E-state index in [1.165, 1.54) is 12.1 Å². The van der Waals surface area contributed by atoms with Crippen LogP contribution in [0.25, 0.3) is 0 Å². The van der Waals surface area contributed by atoms with Crippen molar-refractivity contribution < 1.29 is 19.3 Å². The van der Waals surface area contributed by atoms with Crippen LogP contribution in [0.4, 0.5) is 28.4 Å². The number of aliphatic imine (C=N–C) groups is 1. The molecule has 162 valence electrons. The summed E-state index contributed by atoms with van der Waals surface area (Å²) in [4.78, 5) is 25.5. The van der Waals surface area contributed by atoms with Crippen molar-refractivity contribution in [3.8, 4) is 11.5 Å². The second-order valence-electron chi connectivity index (χ2n) is 6.83. The summed E-state index contributed by atoms with van der Waals surface area (Å²) in [6.07, 6.45) is 1.67. The molecule has 0 fully saturated rings. The number of fused-ring (bicyclic) bond motifs is 1. The normalized spacial score (nSPS) is 12.2. The third-order valence-electron chi connectivity index (χ3n) is 4.71. The number of nitro benzene ring substituents is 2. The Hall–Kier alpha value is -3.99. The first-order valence-electron chi connectivity index (χ1n) is 9.25. The maximum atomic E-state index is 11.4. The fourth-order valence-electron chi connectivity index (χ4n) is 3.04. The quantitative estimate of drug-likeness (QED) is 0.258. The van der Waals surface area contributed by atoms with E-state index in [1.807, 2.05) is 25.1 Å². The highest BCUT2D eigenvalue weighted by molar-refractivity contribution is 9.10. The summed E-state index contributed by atoms with van der Waals surface area (Å²) in [5, 5.41) is 25.3. The number of anilines is 2. The Morgan fingerprint density at radius 2 is 1.78 bits per heavy atom. The lowest BCUT2D eigenvalue weighted by atomic mass is 10.1. The van der Waals surface area contributed by atoms with Gasteiger partial charge in [-0.1, -0.05) is 6.07 Å². The second-order valence-corrected chi connectivity index (χ2v) is 7.68. The fraction of sp³-hybridized carbons (Fsp3) is 0.0952. The van der Waals surface area contributed by atoms with Crippen molar-refractivity contribution >= 4 is 50.6 Å². The summed E-state index contributed by atoms with van der Waals surface area (Å²) in [6.45, 7) is 2.06. The molecule has 0 spiro atoms. The van der Waals surface area contributed by atoms with Crippen LogP contribution in [0.15, 0.2) is 58.0 Å². The molecule has 0 amide bonds. The van der Waals surface area contributed by atoms with Crippen LogP contribution >= 0.6 is 15.9 Å². The van der Waals surface area contributed by atoms with Crippen LogP contribution in [0, 0.1) is 27.2 Å². The number of ether oxygens (including phenoxy) is 2. The van der Waals surface area contributed by atoms with Gasteiger partial charge in [-0.05, 0) is 58.7 Å². The van der Waals surface area contributed by atoms with Gasteiger partial charge in [0.05, 0.1) is 21.6 Å². The van der Waals surface area contributed by atoms with Crippen molar-refractivity contribution in [3.05, 3.63) is 84.4 Å². The molecule has 1 aliphatic rings. The molecule has 1 N–H and O–H groups in total. The standard InChI is InChI=1S/C21H15BrN4O6/c1-12-2-3-14(24-17-5-4-15(25(27)28)8-19(17)26(29)30)7-18(12)23-10-13-6-20-21(9-16(13)22)32-11-31-20/h2-10,24H,11H2,1H3.